The van der Waals surface area contributed by atoms with Crippen LogP contribution in [0, 0.1) is 0 Å². The minimum absolute atomic E-state index is 0. The number of rotatable bonds is 7. The zero-order valence-corrected chi connectivity index (χ0v) is 15.7. The molecule has 0 unspecified atom stereocenters. The molecule has 0 bridgehead atoms. The zero-order valence-electron chi connectivity index (χ0n) is 13.4. The summed E-state index contributed by atoms with van der Waals surface area (Å²) >= 11 is 3.50. The van der Waals surface area contributed by atoms with E-state index < -0.39 is 0 Å². The molecule has 0 heterocycles. The highest BCUT2D eigenvalue weighted by molar-refractivity contribution is 9.10. The molecule has 0 spiro atoms. The predicted molar refractivity (Wildman–Crippen MR) is 92.9 cm³/mol. The Kier molecular flexibility index (Phi) is 8.06. The van der Waals surface area contributed by atoms with Crippen LogP contribution in [-0.4, -0.2) is 17.3 Å². The maximum absolute atomic E-state index is 9.34. The molecule has 0 saturated heterocycles. The molecule has 0 fully saturated rings. The SMILES string of the molecule is CC(C)(CO)NCc1cc(Br)ccc1OCc1ccccc1.[Cl-]. The molecule has 2 aromatic carbocycles. The van der Waals surface area contributed by atoms with Gasteiger partial charge >= 0.3 is 0 Å². The van der Waals surface area contributed by atoms with Crippen molar-refractivity contribution in [2.45, 2.75) is 32.5 Å². The molecule has 3 nitrogen and oxygen atoms in total. The molecule has 23 heavy (non-hydrogen) atoms. The third-order valence-electron chi connectivity index (χ3n) is 3.41. The number of halogens is 2. The molecule has 2 aromatic rings. The lowest BCUT2D eigenvalue weighted by Gasteiger charge is -2.24. The van der Waals surface area contributed by atoms with Crippen LogP contribution in [0.15, 0.2) is 53.0 Å². The van der Waals surface area contributed by atoms with Crippen molar-refractivity contribution < 1.29 is 22.3 Å². The standard InChI is InChI=1S/C18H22BrNO2.ClH/c1-18(2,13-21)20-11-15-10-16(19)8-9-17(15)22-12-14-6-4-3-5-7-14;/h3-10,20-21H,11-13H2,1-2H3;1H/p-1. The van der Waals surface area contributed by atoms with Crippen molar-refractivity contribution in [2.24, 2.45) is 0 Å². The lowest BCUT2D eigenvalue weighted by molar-refractivity contribution is -0.00000576. The molecule has 2 N–H and O–H groups in total. The van der Waals surface area contributed by atoms with E-state index in [1.807, 2.05) is 62.4 Å². The Balaban J connectivity index is 0.00000264. The number of aliphatic hydroxyl groups excluding tert-OH is 1. The summed E-state index contributed by atoms with van der Waals surface area (Å²) in [6.45, 7) is 5.20. The Hall–Kier alpha value is -1.07. The van der Waals surface area contributed by atoms with Gasteiger partial charge in [0.1, 0.15) is 12.4 Å². The topological polar surface area (TPSA) is 41.5 Å². The maximum atomic E-state index is 9.34. The van der Waals surface area contributed by atoms with Crippen LogP contribution >= 0.6 is 15.9 Å². The third-order valence-corrected chi connectivity index (χ3v) is 3.91. The van der Waals surface area contributed by atoms with Crippen LogP contribution in [0.3, 0.4) is 0 Å². The highest BCUT2D eigenvalue weighted by Gasteiger charge is 2.16. The molecule has 0 atom stereocenters. The second-order valence-electron chi connectivity index (χ2n) is 5.92. The highest BCUT2D eigenvalue weighted by atomic mass is 79.9. The molecule has 0 amide bonds. The van der Waals surface area contributed by atoms with Crippen LogP contribution in [0.5, 0.6) is 5.75 Å². The van der Waals surface area contributed by atoms with Crippen molar-refractivity contribution in [3.8, 4) is 5.75 Å². The Morgan fingerprint density at radius 1 is 1.13 bits per heavy atom. The molecule has 0 aliphatic heterocycles. The molecule has 0 aliphatic carbocycles. The van der Waals surface area contributed by atoms with Crippen molar-refractivity contribution in [1.82, 2.24) is 5.32 Å². The Labute approximate surface area is 152 Å². The van der Waals surface area contributed by atoms with E-state index in [0.29, 0.717) is 13.2 Å². The van der Waals surface area contributed by atoms with Crippen molar-refractivity contribution in [1.29, 1.82) is 0 Å². The van der Waals surface area contributed by atoms with Gasteiger partial charge in [-0.25, -0.2) is 0 Å². The normalized spacial score (nSPS) is 11.0. The molecular weight excluding hydrogens is 378 g/mol. The van der Waals surface area contributed by atoms with E-state index in [-0.39, 0.29) is 24.6 Å². The Morgan fingerprint density at radius 2 is 1.83 bits per heavy atom. The molecular formula is C18H22BrClNO2-. The quantitative estimate of drug-likeness (QED) is 0.727. The van der Waals surface area contributed by atoms with Crippen LogP contribution in [0.4, 0.5) is 0 Å². The highest BCUT2D eigenvalue weighted by Crippen LogP contribution is 2.24. The summed E-state index contributed by atoms with van der Waals surface area (Å²) in [6.07, 6.45) is 0. The second kappa shape index (κ2) is 9.28. The van der Waals surface area contributed by atoms with E-state index in [1.54, 1.807) is 0 Å². The molecule has 126 valence electrons. The average Bonchev–Trinajstić information content (AvgIpc) is 2.53. The van der Waals surface area contributed by atoms with Gasteiger partial charge in [0, 0.05) is 22.1 Å². The number of nitrogens with one attached hydrogen (secondary N) is 1. The summed E-state index contributed by atoms with van der Waals surface area (Å²) in [6, 6.07) is 16.1. The molecule has 0 aliphatic rings. The van der Waals surface area contributed by atoms with Crippen molar-refractivity contribution in [2.75, 3.05) is 6.61 Å². The van der Waals surface area contributed by atoms with Gasteiger partial charge in [-0.2, -0.15) is 0 Å². The van der Waals surface area contributed by atoms with E-state index >= 15 is 0 Å². The fraction of sp³-hybridized carbons (Fsp3) is 0.333. The van der Waals surface area contributed by atoms with Crippen LogP contribution in [0.25, 0.3) is 0 Å². The Bertz CT molecular complexity index is 605. The first-order chi connectivity index (χ1) is 10.5. The van der Waals surface area contributed by atoms with Gasteiger partial charge in [-0.3, -0.25) is 0 Å². The van der Waals surface area contributed by atoms with Gasteiger partial charge < -0.3 is 27.6 Å². The van der Waals surface area contributed by atoms with E-state index in [9.17, 15) is 5.11 Å². The number of aliphatic hydroxyl groups is 1. The largest absolute Gasteiger partial charge is 1.00 e. The van der Waals surface area contributed by atoms with Gasteiger partial charge in [-0.05, 0) is 37.6 Å². The average molecular weight is 400 g/mol. The van der Waals surface area contributed by atoms with Crippen molar-refractivity contribution in [3.05, 3.63) is 64.1 Å². The third kappa shape index (κ3) is 6.51. The first-order valence-corrected chi connectivity index (χ1v) is 8.10. The van der Waals surface area contributed by atoms with Crippen molar-refractivity contribution in [3.63, 3.8) is 0 Å². The summed E-state index contributed by atoms with van der Waals surface area (Å²) in [4.78, 5) is 0. The van der Waals surface area contributed by atoms with Crippen LogP contribution in [0.1, 0.15) is 25.0 Å². The maximum Gasteiger partial charge on any atom is 0.124 e. The van der Waals surface area contributed by atoms with Gasteiger partial charge in [-0.1, -0.05) is 46.3 Å². The summed E-state index contributed by atoms with van der Waals surface area (Å²) in [7, 11) is 0. The lowest BCUT2D eigenvalue weighted by Crippen LogP contribution is -3.00. The van der Waals surface area contributed by atoms with Gasteiger partial charge in [0.2, 0.25) is 0 Å². The van der Waals surface area contributed by atoms with Crippen molar-refractivity contribution >= 4 is 15.9 Å². The van der Waals surface area contributed by atoms with Crippen LogP contribution in [-0.2, 0) is 13.2 Å². The molecule has 0 saturated carbocycles. The van der Waals surface area contributed by atoms with E-state index in [4.69, 9.17) is 4.74 Å². The lowest BCUT2D eigenvalue weighted by atomic mass is 10.1. The zero-order chi connectivity index (χ0) is 16.0. The number of benzene rings is 2. The van der Waals surface area contributed by atoms with E-state index in [2.05, 4.69) is 21.2 Å². The summed E-state index contributed by atoms with van der Waals surface area (Å²) < 4.78 is 6.97. The number of hydrogen-bond donors (Lipinski definition) is 2. The van der Waals surface area contributed by atoms with E-state index in [1.165, 1.54) is 0 Å². The fourth-order valence-electron chi connectivity index (χ4n) is 1.95. The second-order valence-corrected chi connectivity index (χ2v) is 6.84. The van der Waals surface area contributed by atoms with Crippen LogP contribution < -0.4 is 22.5 Å². The van der Waals surface area contributed by atoms with Gasteiger partial charge in [-0.15, -0.1) is 0 Å². The van der Waals surface area contributed by atoms with Crippen LogP contribution in [0.2, 0.25) is 0 Å². The summed E-state index contributed by atoms with van der Waals surface area (Å²) in [5.41, 5.74) is 1.88. The molecule has 0 radical (unpaired) electrons. The summed E-state index contributed by atoms with van der Waals surface area (Å²) in [5, 5.41) is 12.7. The summed E-state index contributed by atoms with van der Waals surface area (Å²) in [5.74, 6) is 0.855. The van der Waals surface area contributed by atoms with E-state index in [0.717, 1.165) is 21.3 Å². The smallest absolute Gasteiger partial charge is 0.124 e. The van der Waals surface area contributed by atoms with Gasteiger partial charge in [0.15, 0.2) is 0 Å². The first kappa shape index (κ1) is 20.0. The number of ether oxygens (including phenoxy) is 1. The minimum atomic E-state index is -0.320. The molecule has 2 rings (SSSR count). The molecule has 0 aromatic heterocycles. The van der Waals surface area contributed by atoms with Gasteiger partial charge in [0.25, 0.3) is 0 Å². The monoisotopic (exact) mass is 398 g/mol. The first-order valence-electron chi connectivity index (χ1n) is 7.31. The fourth-order valence-corrected chi connectivity index (χ4v) is 2.36. The predicted octanol–water partition coefficient (Wildman–Crippen LogP) is 0.893. The minimum Gasteiger partial charge on any atom is -1.00 e. The number of hydrogen-bond acceptors (Lipinski definition) is 3. The molecule has 5 heteroatoms. The van der Waals surface area contributed by atoms with Gasteiger partial charge in [0.05, 0.1) is 6.61 Å². The Morgan fingerprint density at radius 3 is 2.48 bits per heavy atom.